The summed E-state index contributed by atoms with van der Waals surface area (Å²) in [5.41, 5.74) is 3.36. The standard InChI is InChI=1S/C28H30FNO3/c1-6-20-12-10-16-24(29)26(20)27(32)30(18-25(31)33-28(3,4)5)22-14-9-13-21(17-22)23-15-8-7-11-19(23)2/h7-17H,6,18H2,1-5H3. The van der Waals surface area contributed by atoms with Crippen LogP contribution in [-0.4, -0.2) is 24.0 Å². The SMILES string of the molecule is CCc1cccc(F)c1C(=O)N(CC(=O)OC(C)(C)C)c1cccc(-c2ccccc2C)c1. The van der Waals surface area contributed by atoms with Crippen LogP contribution >= 0.6 is 0 Å². The highest BCUT2D eigenvalue weighted by Crippen LogP contribution is 2.29. The summed E-state index contributed by atoms with van der Waals surface area (Å²) < 4.78 is 20.3. The summed E-state index contributed by atoms with van der Waals surface area (Å²) >= 11 is 0. The molecule has 33 heavy (non-hydrogen) atoms. The summed E-state index contributed by atoms with van der Waals surface area (Å²) in [6.07, 6.45) is 0.488. The number of hydrogen-bond donors (Lipinski definition) is 0. The summed E-state index contributed by atoms with van der Waals surface area (Å²) in [7, 11) is 0. The van der Waals surface area contributed by atoms with Gasteiger partial charge in [-0.2, -0.15) is 0 Å². The second-order valence-corrected chi connectivity index (χ2v) is 8.97. The van der Waals surface area contributed by atoms with Crippen molar-refractivity contribution in [2.45, 2.75) is 46.6 Å². The summed E-state index contributed by atoms with van der Waals surface area (Å²) in [5, 5.41) is 0. The lowest BCUT2D eigenvalue weighted by atomic mass is 9.99. The van der Waals surface area contributed by atoms with Crippen LogP contribution in [0, 0.1) is 12.7 Å². The number of carbonyl (C=O) groups is 2. The van der Waals surface area contributed by atoms with Crippen molar-refractivity contribution in [1.82, 2.24) is 0 Å². The molecule has 4 nitrogen and oxygen atoms in total. The van der Waals surface area contributed by atoms with E-state index in [1.54, 1.807) is 39.0 Å². The second-order valence-electron chi connectivity index (χ2n) is 8.97. The van der Waals surface area contributed by atoms with E-state index >= 15 is 0 Å². The highest BCUT2D eigenvalue weighted by Gasteiger charge is 2.28. The number of anilines is 1. The number of benzene rings is 3. The van der Waals surface area contributed by atoms with Crippen LogP contribution in [0.1, 0.15) is 49.2 Å². The fraction of sp³-hybridized carbons (Fsp3) is 0.286. The van der Waals surface area contributed by atoms with E-state index in [1.165, 1.54) is 11.0 Å². The Bertz CT molecular complexity index is 1160. The van der Waals surface area contributed by atoms with Crippen molar-refractivity contribution >= 4 is 17.6 Å². The van der Waals surface area contributed by atoms with E-state index in [9.17, 15) is 14.0 Å². The maximum Gasteiger partial charge on any atom is 0.326 e. The number of nitrogens with zero attached hydrogens (tertiary/aromatic N) is 1. The van der Waals surface area contributed by atoms with E-state index in [1.807, 2.05) is 56.3 Å². The largest absolute Gasteiger partial charge is 0.459 e. The fourth-order valence-electron chi connectivity index (χ4n) is 3.76. The van der Waals surface area contributed by atoms with Crippen molar-refractivity contribution in [3.8, 4) is 11.1 Å². The van der Waals surface area contributed by atoms with Gasteiger partial charge in [-0.25, -0.2) is 4.39 Å². The molecule has 172 valence electrons. The normalized spacial score (nSPS) is 11.2. The van der Waals surface area contributed by atoms with Crippen molar-refractivity contribution in [2.24, 2.45) is 0 Å². The Morgan fingerprint density at radius 2 is 1.67 bits per heavy atom. The van der Waals surface area contributed by atoms with Crippen LogP contribution in [0.25, 0.3) is 11.1 Å². The van der Waals surface area contributed by atoms with Gasteiger partial charge in [-0.05, 0) is 74.6 Å². The second kappa shape index (κ2) is 9.99. The molecule has 0 aliphatic heterocycles. The molecule has 3 aromatic rings. The Balaban J connectivity index is 2.09. The van der Waals surface area contributed by atoms with Gasteiger partial charge >= 0.3 is 5.97 Å². The van der Waals surface area contributed by atoms with Crippen molar-refractivity contribution in [3.63, 3.8) is 0 Å². The van der Waals surface area contributed by atoms with E-state index in [0.29, 0.717) is 17.7 Å². The molecule has 0 saturated heterocycles. The number of aryl methyl sites for hydroxylation is 2. The molecule has 0 aromatic heterocycles. The first kappa shape index (κ1) is 24.2. The van der Waals surface area contributed by atoms with Gasteiger partial charge in [0.25, 0.3) is 5.91 Å². The minimum Gasteiger partial charge on any atom is -0.459 e. The van der Waals surface area contributed by atoms with Gasteiger partial charge in [0.1, 0.15) is 18.0 Å². The summed E-state index contributed by atoms with van der Waals surface area (Å²) in [6.45, 7) is 8.84. The third-order valence-electron chi connectivity index (χ3n) is 5.26. The van der Waals surface area contributed by atoms with Crippen LogP contribution in [0.15, 0.2) is 66.7 Å². The molecule has 1 amide bonds. The lowest BCUT2D eigenvalue weighted by Gasteiger charge is -2.26. The van der Waals surface area contributed by atoms with Gasteiger partial charge in [0, 0.05) is 5.69 Å². The minimum atomic E-state index is -0.707. The predicted octanol–water partition coefficient (Wildman–Crippen LogP) is 6.35. The Kier molecular flexibility index (Phi) is 7.32. The van der Waals surface area contributed by atoms with Crippen molar-refractivity contribution in [2.75, 3.05) is 11.4 Å². The molecule has 0 radical (unpaired) electrons. The van der Waals surface area contributed by atoms with Crippen LogP contribution in [0.3, 0.4) is 0 Å². The monoisotopic (exact) mass is 447 g/mol. The van der Waals surface area contributed by atoms with Gasteiger partial charge in [-0.15, -0.1) is 0 Å². The summed E-state index contributed by atoms with van der Waals surface area (Å²) in [5.74, 6) is -1.74. The van der Waals surface area contributed by atoms with E-state index in [4.69, 9.17) is 4.74 Å². The predicted molar refractivity (Wildman–Crippen MR) is 130 cm³/mol. The maximum absolute atomic E-state index is 14.8. The molecule has 0 saturated carbocycles. The van der Waals surface area contributed by atoms with E-state index in [2.05, 4.69) is 0 Å². The minimum absolute atomic E-state index is 0.0233. The van der Waals surface area contributed by atoms with Crippen molar-refractivity contribution in [3.05, 3.63) is 89.2 Å². The van der Waals surface area contributed by atoms with Crippen LogP contribution in [0.2, 0.25) is 0 Å². The highest BCUT2D eigenvalue weighted by molar-refractivity contribution is 6.09. The molecule has 3 aromatic carbocycles. The van der Waals surface area contributed by atoms with Gasteiger partial charge < -0.3 is 4.74 Å². The number of hydrogen-bond acceptors (Lipinski definition) is 3. The first-order valence-corrected chi connectivity index (χ1v) is 11.1. The van der Waals surface area contributed by atoms with Gasteiger partial charge in [-0.1, -0.05) is 55.5 Å². The number of halogens is 1. The molecule has 3 rings (SSSR count). The Labute approximate surface area is 195 Å². The zero-order valence-electron chi connectivity index (χ0n) is 19.8. The molecule has 0 fully saturated rings. The molecule has 0 aliphatic rings. The molecule has 0 aliphatic carbocycles. The van der Waals surface area contributed by atoms with Gasteiger partial charge in [0.2, 0.25) is 0 Å². The highest BCUT2D eigenvalue weighted by atomic mass is 19.1. The molecule has 0 N–H and O–H groups in total. The Morgan fingerprint density at radius 3 is 2.33 bits per heavy atom. The number of amides is 1. The molecule has 0 bridgehead atoms. The van der Waals surface area contributed by atoms with Crippen LogP contribution < -0.4 is 4.90 Å². The van der Waals surface area contributed by atoms with E-state index in [0.717, 1.165) is 16.7 Å². The number of carbonyl (C=O) groups excluding carboxylic acids is 2. The zero-order chi connectivity index (χ0) is 24.2. The summed E-state index contributed by atoms with van der Waals surface area (Å²) in [4.78, 5) is 27.7. The average Bonchev–Trinajstić information content (AvgIpc) is 2.76. The summed E-state index contributed by atoms with van der Waals surface area (Å²) in [6, 6.07) is 19.9. The first-order chi connectivity index (χ1) is 15.6. The first-order valence-electron chi connectivity index (χ1n) is 11.1. The van der Waals surface area contributed by atoms with Gasteiger partial charge in [-0.3, -0.25) is 14.5 Å². The Morgan fingerprint density at radius 1 is 0.970 bits per heavy atom. The third kappa shape index (κ3) is 5.86. The van der Waals surface area contributed by atoms with Gasteiger partial charge in [0.15, 0.2) is 0 Å². The molecule has 0 atom stereocenters. The Hall–Kier alpha value is -3.47. The molecule has 0 spiro atoms. The van der Waals surface area contributed by atoms with Crippen molar-refractivity contribution in [1.29, 1.82) is 0 Å². The number of esters is 1. The molecule has 5 heteroatoms. The zero-order valence-corrected chi connectivity index (χ0v) is 19.8. The lowest BCUT2D eigenvalue weighted by Crippen LogP contribution is -2.39. The maximum atomic E-state index is 14.8. The average molecular weight is 448 g/mol. The van der Waals surface area contributed by atoms with Gasteiger partial charge in [0.05, 0.1) is 5.56 Å². The van der Waals surface area contributed by atoms with Crippen LogP contribution in [0.5, 0.6) is 0 Å². The third-order valence-corrected chi connectivity index (χ3v) is 5.26. The van der Waals surface area contributed by atoms with E-state index in [-0.39, 0.29) is 12.1 Å². The molecule has 0 unspecified atom stereocenters. The lowest BCUT2D eigenvalue weighted by molar-refractivity contribution is -0.152. The number of rotatable bonds is 6. The van der Waals surface area contributed by atoms with Crippen LogP contribution in [-0.2, 0) is 16.0 Å². The molecular formula is C28H30FNO3. The topological polar surface area (TPSA) is 46.6 Å². The fourth-order valence-corrected chi connectivity index (χ4v) is 3.76. The smallest absolute Gasteiger partial charge is 0.326 e. The van der Waals surface area contributed by atoms with E-state index < -0.39 is 23.3 Å². The molecular weight excluding hydrogens is 417 g/mol. The number of ether oxygens (including phenoxy) is 1. The quantitative estimate of drug-likeness (QED) is 0.414. The van der Waals surface area contributed by atoms with Crippen molar-refractivity contribution < 1.29 is 18.7 Å². The van der Waals surface area contributed by atoms with Crippen LogP contribution in [0.4, 0.5) is 10.1 Å². The molecule has 0 heterocycles.